The zero-order valence-corrected chi connectivity index (χ0v) is 11.3. The Bertz CT molecular complexity index is 561. The minimum Gasteiger partial charge on any atom is -0.353 e. The monoisotopic (exact) mass is 257 g/mol. The number of benzene rings is 1. The molecule has 2 rings (SSSR count). The van der Waals surface area contributed by atoms with Crippen molar-refractivity contribution < 1.29 is 4.79 Å². The number of rotatable bonds is 5. The first kappa shape index (κ1) is 13.5. The molecule has 100 valence electrons. The van der Waals surface area contributed by atoms with Crippen molar-refractivity contribution in [3.8, 4) is 0 Å². The summed E-state index contributed by atoms with van der Waals surface area (Å²) >= 11 is 0. The van der Waals surface area contributed by atoms with E-state index < -0.39 is 0 Å². The van der Waals surface area contributed by atoms with Crippen molar-refractivity contribution in [1.29, 1.82) is 0 Å². The van der Waals surface area contributed by atoms with Gasteiger partial charge in [-0.3, -0.25) is 9.78 Å². The molecule has 0 spiro atoms. The number of hydrogen-bond acceptors (Lipinski definition) is 3. The van der Waals surface area contributed by atoms with E-state index in [0.29, 0.717) is 13.1 Å². The number of aromatic nitrogens is 1. The van der Waals surface area contributed by atoms with Crippen LogP contribution in [0.25, 0.3) is 10.9 Å². The lowest BCUT2D eigenvalue weighted by molar-refractivity contribution is -0.120. The molecule has 0 aliphatic heterocycles. The fourth-order valence-corrected chi connectivity index (χ4v) is 1.99. The molecule has 2 N–H and O–H groups in total. The Kier molecular flexibility index (Phi) is 4.47. The quantitative estimate of drug-likeness (QED) is 0.859. The number of carbonyl (C=O) groups is 1. The Balaban J connectivity index is 1.97. The van der Waals surface area contributed by atoms with Crippen molar-refractivity contribution in [1.82, 2.24) is 15.6 Å². The summed E-state index contributed by atoms with van der Waals surface area (Å²) in [4.78, 5) is 15.8. The van der Waals surface area contributed by atoms with Gasteiger partial charge < -0.3 is 10.6 Å². The van der Waals surface area contributed by atoms with Gasteiger partial charge in [-0.15, -0.1) is 0 Å². The fourth-order valence-electron chi connectivity index (χ4n) is 1.99. The summed E-state index contributed by atoms with van der Waals surface area (Å²) in [7, 11) is 0. The second-order valence-electron chi connectivity index (χ2n) is 4.81. The van der Waals surface area contributed by atoms with E-state index in [4.69, 9.17) is 0 Å². The lowest BCUT2D eigenvalue weighted by Gasteiger charge is -2.10. The van der Waals surface area contributed by atoms with Crippen LogP contribution in [0, 0.1) is 0 Å². The van der Waals surface area contributed by atoms with Gasteiger partial charge in [0.05, 0.1) is 12.1 Å². The number of hydrogen-bond donors (Lipinski definition) is 2. The molecule has 1 amide bonds. The second-order valence-corrected chi connectivity index (χ2v) is 4.81. The molecule has 19 heavy (non-hydrogen) atoms. The van der Waals surface area contributed by atoms with Crippen molar-refractivity contribution in [2.45, 2.75) is 26.4 Å². The molecular formula is C15H19N3O. The summed E-state index contributed by atoms with van der Waals surface area (Å²) in [6.07, 6.45) is 1.80. The molecule has 0 saturated carbocycles. The summed E-state index contributed by atoms with van der Waals surface area (Å²) in [6, 6.07) is 10.2. The summed E-state index contributed by atoms with van der Waals surface area (Å²) in [5, 5.41) is 7.14. The van der Waals surface area contributed by atoms with Gasteiger partial charge in [0.25, 0.3) is 0 Å². The largest absolute Gasteiger partial charge is 0.353 e. The zero-order chi connectivity index (χ0) is 13.7. The van der Waals surface area contributed by atoms with E-state index in [-0.39, 0.29) is 11.9 Å². The SMILES string of the molecule is CC(C)NC(=O)CNCc1ccnc2ccccc12. The molecule has 0 fully saturated rings. The van der Waals surface area contributed by atoms with Gasteiger partial charge in [-0.05, 0) is 31.5 Å². The molecule has 0 bridgehead atoms. The van der Waals surface area contributed by atoms with E-state index in [1.807, 2.05) is 44.2 Å². The summed E-state index contributed by atoms with van der Waals surface area (Å²) < 4.78 is 0. The number of para-hydroxylation sites is 1. The lowest BCUT2D eigenvalue weighted by Crippen LogP contribution is -2.37. The third-order valence-corrected chi connectivity index (χ3v) is 2.79. The third kappa shape index (κ3) is 3.76. The number of pyridine rings is 1. The van der Waals surface area contributed by atoms with E-state index in [1.54, 1.807) is 6.20 Å². The predicted octanol–water partition coefficient (Wildman–Crippen LogP) is 1.85. The Morgan fingerprint density at radius 3 is 2.84 bits per heavy atom. The summed E-state index contributed by atoms with van der Waals surface area (Å²) in [5.74, 6) is 0.0216. The van der Waals surface area contributed by atoms with Crippen LogP contribution in [0.5, 0.6) is 0 Å². The maximum atomic E-state index is 11.5. The average molecular weight is 257 g/mol. The molecule has 0 atom stereocenters. The maximum Gasteiger partial charge on any atom is 0.234 e. The van der Waals surface area contributed by atoms with Gasteiger partial charge in [-0.1, -0.05) is 18.2 Å². The van der Waals surface area contributed by atoms with Crippen LogP contribution in [-0.4, -0.2) is 23.5 Å². The van der Waals surface area contributed by atoms with Gasteiger partial charge in [0.2, 0.25) is 5.91 Å². The van der Waals surface area contributed by atoms with Crippen LogP contribution < -0.4 is 10.6 Å². The van der Waals surface area contributed by atoms with Crippen LogP contribution in [-0.2, 0) is 11.3 Å². The van der Waals surface area contributed by atoms with Crippen LogP contribution in [0.3, 0.4) is 0 Å². The van der Waals surface area contributed by atoms with Gasteiger partial charge in [0.15, 0.2) is 0 Å². The van der Waals surface area contributed by atoms with Crippen LogP contribution in [0.15, 0.2) is 36.5 Å². The Morgan fingerprint density at radius 2 is 2.05 bits per heavy atom. The molecule has 1 aromatic carbocycles. The van der Waals surface area contributed by atoms with Crippen molar-refractivity contribution in [3.63, 3.8) is 0 Å². The highest BCUT2D eigenvalue weighted by molar-refractivity contribution is 5.82. The molecular weight excluding hydrogens is 238 g/mol. The van der Waals surface area contributed by atoms with E-state index in [1.165, 1.54) is 0 Å². The van der Waals surface area contributed by atoms with Crippen molar-refractivity contribution in [3.05, 3.63) is 42.1 Å². The highest BCUT2D eigenvalue weighted by Crippen LogP contribution is 2.15. The first-order valence-corrected chi connectivity index (χ1v) is 6.49. The summed E-state index contributed by atoms with van der Waals surface area (Å²) in [6.45, 7) is 4.89. The zero-order valence-electron chi connectivity index (χ0n) is 11.3. The minimum atomic E-state index is 0.0216. The van der Waals surface area contributed by atoms with Crippen molar-refractivity contribution >= 4 is 16.8 Å². The van der Waals surface area contributed by atoms with Crippen LogP contribution in [0.1, 0.15) is 19.4 Å². The van der Waals surface area contributed by atoms with Crippen molar-refractivity contribution in [2.24, 2.45) is 0 Å². The predicted molar refractivity (Wildman–Crippen MR) is 76.7 cm³/mol. The van der Waals surface area contributed by atoms with Crippen LogP contribution in [0.2, 0.25) is 0 Å². The van der Waals surface area contributed by atoms with E-state index in [2.05, 4.69) is 15.6 Å². The molecule has 1 heterocycles. The molecule has 0 unspecified atom stereocenters. The van der Waals surface area contributed by atoms with Crippen LogP contribution in [0.4, 0.5) is 0 Å². The summed E-state index contributed by atoms with van der Waals surface area (Å²) in [5.41, 5.74) is 2.14. The fraction of sp³-hybridized carbons (Fsp3) is 0.333. The second kappa shape index (κ2) is 6.29. The van der Waals surface area contributed by atoms with E-state index in [9.17, 15) is 4.79 Å². The number of fused-ring (bicyclic) bond motifs is 1. The average Bonchev–Trinajstić information content (AvgIpc) is 2.38. The molecule has 0 aliphatic rings. The molecule has 0 radical (unpaired) electrons. The van der Waals surface area contributed by atoms with E-state index in [0.717, 1.165) is 16.5 Å². The minimum absolute atomic E-state index is 0.0216. The smallest absolute Gasteiger partial charge is 0.234 e. The Labute approximate surface area is 113 Å². The number of nitrogens with zero attached hydrogens (tertiary/aromatic N) is 1. The third-order valence-electron chi connectivity index (χ3n) is 2.79. The van der Waals surface area contributed by atoms with Gasteiger partial charge in [-0.25, -0.2) is 0 Å². The lowest BCUT2D eigenvalue weighted by atomic mass is 10.1. The molecule has 0 saturated heterocycles. The van der Waals surface area contributed by atoms with Crippen LogP contribution >= 0.6 is 0 Å². The van der Waals surface area contributed by atoms with Gasteiger partial charge in [0.1, 0.15) is 0 Å². The number of amides is 1. The molecule has 4 nitrogen and oxygen atoms in total. The van der Waals surface area contributed by atoms with Gasteiger partial charge >= 0.3 is 0 Å². The highest BCUT2D eigenvalue weighted by Gasteiger charge is 2.04. The van der Waals surface area contributed by atoms with Gasteiger partial charge in [0, 0.05) is 24.2 Å². The molecule has 2 aromatic rings. The Hall–Kier alpha value is -1.94. The standard InChI is InChI=1S/C15H19N3O/c1-11(2)18-15(19)10-16-9-12-7-8-17-14-6-4-3-5-13(12)14/h3-8,11,16H,9-10H2,1-2H3,(H,18,19). The molecule has 4 heteroatoms. The van der Waals surface area contributed by atoms with E-state index >= 15 is 0 Å². The van der Waals surface area contributed by atoms with Gasteiger partial charge in [-0.2, -0.15) is 0 Å². The first-order valence-electron chi connectivity index (χ1n) is 6.49. The highest BCUT2D eigenvalue weighted by atomic mass is 16.1. The topological polar surface area (TPSA) is 54.0 Å². The molecule has 0 aliphatic carbocycles. The molecule has 1 aromatic heterocycles. The van der Waals surface area contributed by atoms with Crippen molar-refractivity contribution in [2.75, 3.05) is 6.54 Å². The normalized spacial score (nSPS) is 10.9. The number of carbonyl (C=O) groups excluding carboxylic acids is 1. The number of nitrogens with one attached hydrogen (secondary N) is 2. The Morgan fingerprint density at radius 1 is 1.26 bits per heavy atom. The first-order chi connectivity index (χ1) is 9.16. The maximum absolute atomic E-state index is 11.5.